The summed E-state index contributed by atoms with van der Waals surface area (Å²) in [5.74, 6) is 0.235. The highest BCUT2D eigenvalue weighted by molar-refractivity contribution is 5.74. The molecule has 0 aromatic rings. The van der Waals surface area contributed by atoms with E-state index in [1.54, 1.807) is 0 Å². The normalized spacial score (nSPS) is 24.8. The second-order valence-corrected chi connectivity index (χ2v) is 6.48. The molecule has 1 aliphatic carbocycles. The average molecular weight is 285 g/mol. The van der Waals surface area contributed by atoms with Crippen molar-refractivity contribution in [2.45, 2.75) is 64.1 Å². The van der Waals surface area contributed by atoms with Crippen molar-refractivity contribution >= 4 is 6.03 Å². The lowest BCUT2D eigenvalue weighted by atomic mass is 9.90. The highest BCUT2D eigenvalue weighted by Crippen LogP contribution is 2.21. The van der Waals surface area contributed by atoms with E-state index in [-0.39, 0.29) is 24.1 Å². The van der Waals surface area contributed by atoms with Crippen LogP contribution in [-0.4, -0.2) is 54.9 Å². The first kappa shape index (κ1) is 17.2. The Morgan fingerprint density at radius 1 is 1.35 bits per heavy atom. The second kappa shape index (κ2) is 8.47. The number of amides is 2. The Morgan fingerprint density at radius 2 is 2.05 bits per heavy atom. The zero-order valence-electron chi connectivity index (χ0n) is 13.4. The van der Waals surface area contributed by atoms with Crippen LogP contribution in [0, 0.1) is 5.92 Å². The monoisotopic (exact) mass is 285 g/mol. The van der Waals surface area contributed by atoms with Crippen LogP contribution in [0.5, 0.6) is 0 Å². The molecule has 1 aliphatic rings. The summed E-state index contributed by atoms with van der Waals surface area (Å²) >= 11 is 0. The van der Waals surface area contributed by atoms with Gasteiger partial charge in [0.2, 0.25) is 0 Å². The summed E-state index contributed by atoms with van der Waals surface area (Å²) in [6, 6.07) is 0.730. The minimum atomic E-state index is -0.344. The summed E-state index contributed by atoms with van der Waals surface area (Å²) in [5, 5.41) is 15.6. The van der Waals surface area contributed by atoms with Crippen molar-refractivity contribution < 1.29 is 9.90 Å². The third-order valence-corrected chi connectivity index (χ3v) is 4.21. The van der Waals surface area contributed by atoms with Gasteiger partial charge in [0.1, 0.15) is 0 Å². The smallest absolute Gasteiger partial charge is 0.315 e. The molecule has 3 atom stereocenters. The Balaban J connectivity index is 2.21. The van der Waals surface area contributed by atoms with Crippen molar-refractivity contribution in [3.63, 3.8) is 0 Å². The molecule has 3 unspecified atom stereocenters. The maximum absolute atomic E-state index is 11.8. The van der Waals surface area contributed by atoms with E-state index in [2.05, 4.69) is 29.6 Å². The molecule has 0 radical (unpaired) electrons. The zero-order chi connectivity index (χ0) is 15.1. The van der Waals surface area contributed by atoms with Crippen molar-refractivity contribution in [1.82, 2.24) is 15.5 Å². The van der Waals surface area contributed by atoms with Crippen LogP contribution >= 0.6 is 0 Å². The largest absolute Gasteiger partial charge is 0.393 e. The second-order valence-electron chi connectivity index (χ2n) is 6.48. The molecular formula is C15H31N3O2. The molecule has 1 fully saturated rings. The minimum absolute atomic E-state index is 0.106. The molecule has 2 amide bonds. The lowest BCUT2D eigenvalue weighted by Gasteiger charge is -2.33. The quantitative estimate of drug-likeness (QED) is 0.694. The van der Waals surface area contributed by atoms with Crippen LogP contribution in [0.4, 0.5) is 4.79 Å². The van der Waals surface area contributed by atoms with E-state index in [0.29, 0.717) is 19.0 Å². The number of nitrogens with zero attached hydrogens (tertiary/aromatic N) is 1. The first-order valence-corrected chi connectivity index (χ1v) is 7.79. The summed E-state index contributed by atoms with van der Waals surface area (Å²) < 4.78 is 0. The van der Waals surface area contributed by atoms with Crippen molar-refractivity contribution in [3.05, 3.63) is 0 Å². The molecule has 5 nitrogen and oxygen atoms in total. The Kier molecular flexibility index (Phi) is 7.30. The molecule has 1 saturated carbocycles. The van der Waals surface area contributed by atoms with Gasteiger partial charge in [-0.3, -0.25) is 0 Å². The Labute approximate surface area is 123 Å². The maximum atomic E-state index is 11.8. The number of rotatable bonds is 6. The van der Waals surface area contributed by atoms with Crippen LogP contribution in [0.15, 0.2) is 0 Å². The topological polar surface area (TPSA) is 64.6 Å². The van der Waals surface area contributed by atoms with Crippen molar-refractivity contribution in [1.29, 1.82) is 0 Å². The van der Waals surface area contributed by atoms with E-state index in [4.69, 9.17) is 0 Å². The van der Waals surface area contributed by atoms with E-state index in [1.807, 2.05) is 13.8 Å². The lowest BCUT2D eigenvalue weighted by Crippen LogP contribution is -2.47. The lowest BCUT2D eigenvalue weighted by molar-refractivity contribution is 0.116. The molecule has 3 N–H and O–H groups in total. The van der Waals surface area contributed by atoms with Crippen LogP contribution < -0.4 is 10.6 Å². The van der Waals surface area contributed by atoms with E-state index in [1.165, 1.54) is 12.8 Å². The van der Waals surface area contributed by atoms with Gasteiger partial charge < -0.3 is 20.6 Å². The van der Waals surface area contributed by atoms with Gasteiger partial charge in [-0.1, -0.05) is 13.8 Å². The molecule has 20 heavy (non-hydrogen) atoms. The fourth-order valence-electron chi connectivity index (χ4n) is 2.67. The summed E-state index contributed by atoms with van der Waals surface area (Å²) in [7, 11) is 4.20. The summed E-state index contributed by atoms with van der Waals surface area (Å²) in [5.41, 5.74) is 0. The van der Waals surface area contributed by atoms with E-state index in [9.17, 15) is 9.90 Å². The van der Waals surface area contributed by atoms with Gasteiger partial charge in [-0.2, -0.15) is 0 Å². The molecule has 0 heterocycles. The van der Waals surface area contributed by atoms with E-state index in [0.717, 1.165) is 12.8 Å². The van der Waals surface area contributed by atoms with Gasteiger partial charge in [0.15, 0.2) is 0 Å². The summed E-state index contributed by atoms with van der Waals surface area (Å²) in [4.78, 5) is 14.1. The van der Waals surface area contributed by atoms with Gasteiger partial charge in [-0.05, 0) is 52.1 Å². The van der Waals surface area contributed by atoms with E-state index < -0.39 is 0 Å². The van der Waals surface area contributed by atoms with Gasteiger partial charge in [-0.25, -0.2) is 4.79 Å². The number of hydrogen-bond donors (Lipinski definition) is 3. The summed E-state index contributed by atoms with van der Waals surface area (Å²) in [6.45, 7) is 4.48. The predicted molar refractivity (Wildman–Crippen MR) is 81.7 cm³/mol. The fraction of sp³-hybridized carbons (Fsp3) is 0.933. The highest BCUT2D eigenvalue weighted by Gasteiger charge is 2.24. The first-order valence-electron chi connectivity index (χ1n) is 7.79. The molecule has 5 heteroatoms. The molecule has 0 bridgehead atoms. The van der Waals surface area contributed by atoms with Gasteiger partial charge in [0, 0.05) is 18.6 Å². The van der Waals surface area contributed by atoms with Crippen LogP contribution in [0.2, 0.25) is 0 Å². The molecule has 0 aromatic carbocycles. The number of carbonyl (C=O) groups excluding carboxylic acids is 1. The predicted octanol–water partition coefficient (Wildman–Crippen LogP) is 1.57. The van der Waals surface area contributed by atoms with Gasteiger partial charge in [-0.15, -0.1) is 0 Å². The van der Waals surface area contributed by atoms with Gasteiger partial charge in [0.05, 0.1) is 6.10 Å². The molecule has 0 aromatic heterocycles. The van der Waals surface area contributed by atoms with Crippen LogP contribution in [0.1, 0.15) is 46.0 Å². The van der Waals surface area contributed by atoms with Crippen LogP contribution in [-0.2, 0) is 0 Å². The number of hydrogen-bond acceptors (Lipinski definition) is 3. The Hall–Kier alpha value is -0.810. The maximum Gasteiger partial charge on any atom is 0.315 e. The number of carbonyl (C=O) groups is 1. The number of nitrogens with one attached hydrogen (secondary N) is 2. The fourth-order valence-corrected chi connectivity index (χ4v) is 2.67. The third-order valence-electron chi connectivity index (χ3n) is 4.21. The molecular weight excluding hydrogens is 254 g/mol. The zero-order valence-corrected chi connectivity index (χ0v) is 13.4. The number of urea groups is 1. The molecule has 1 rings (SSSR count). The Morgan fingerprint density at radius 3 is 2.65 bits per heavy atom. The van der Waals surface area contributed by atoms with Crippen LogP contribution in [0.3, 0.4) is 0 Å². The number of aliphatic hydroxyl groups excluding tert-OH is 1. The number of aliphatic hydroxyl groups is 1. The van der Waals surface area contributed by atoms with E-state index >= 15 is 0 Å². The SMILES string of the molecule is CC(C)C(O)CCNC(=O)NC1CCCC(N(C)C)C1. The van der Waals surface area contributed by atoms with Crippen molar-refractivity contribution in [2.24, 2.45) is 5.92 Å². The van der Waals surface area contributed by atoms with Gasteiger partial charge in [0.25, 0.3) is 0 Å². The average Bonchev–Trinajstić information content (AvgIpc) is 2.38. The van der Waals surface area contributed by atoms with Crippen molar-refractivity contribution in [2.75, 3.05) is 20.6 Å². The molecule has 0 spiro atoms. The highest BCUT2D eigenvalue weighted by atomic mass is 16.3. The van der Waals surface area contributed by atoms with Crippen molar-refractivity contribution in [3.8, 4) is 0 Å². The summed E-state index contributed by atoms with van der Waals surface area (Å²) in [6.07, 6.45) is 4.73. The molecule has 118 valence electrons. The Bertz CT molecular complexity index is 295. The standard InChI is InChI=1S/C15H31N3O2/c1-11(2)14(19)8-9-16-15(20)17-12-6-5-7-13(10-12)18(3)4/h11-14,19H,5-10H2,1-4H3,(H2,16,17,20). The first-order chi connectivity index (χ1) is 9.40. The van der Waals surface area contributed by atoms with Gasteiger partial charge >= 0.3 is 6.03 Å². The minimum Gasteiger partial charge on any atom is -0.393 e. The molecule has 0 aliphatic heterocycles. The molecule has 0 saturated heterocycles. The third kappa shape index (κ3) is 6.09. The van der Waals surface area contributed by atoms with Crippen LogP contribution in [0.25, 0.3) is 0 Å².